The molecule has 0 unspecified atom stereocenters. The molecule has 0 aliphatic heterocycles. The van der Waals surface area contributed by atoms with E-state index in [1.165, 1.54) is 26.4 Å². The van der Waals surface area contributed by atoms with Crippen LogP contribution in [-0.2, 0) is 9.47 Å². The van der Waals surface area contributed by atoms with Crippen LogP contribution >= 0.6 is 34.5 Å². The zero-order chi connectivity index (χ0) is 19.4. The third-order valence-electron chi connectivity index (χ3n) is 3.31. The van der Waals surface area contributed by atoms with Gasteiger partial charge in [0.25, 0.3) is 0 Å². The second-order valence-corrected chi connectivity index (χ2v) is 6.79. The molecule has 0 aliphatic rings. The molecule has 0 aliphatic carbocycles. The average Bonchev–Trinajstić information content (AvgIpc) is 2.92. The number of nitrogens with one attached hydrogen (secondary N) is 2. The summed E-state index contributed by atoms with van der Waals surface area (Å²) in [6.07, 6.45) is 0. The Balaban J connectivity index is 2.29. The van der Waals surface area contributed by atoms with Crippen molar-refractivity contribution in [3.05, 3.63) is 44.2 Å². The van der Waals surface area contributed by atoms with Crippen LogP contribution in [0.1, 0.15) is 25.6 Å². The van der Waals surface area contributed by atoms with Crippen LogP contribution < -0.4 is 10.6 Å². The maximum atomic E-state index is 12.2. The number of benzene rings is 1. The monoisotopic (exact) mass is 416 g/mol. The number of methoxy groups -OCH3 is 2. The lowest BCUT2D eigenvalue weighted by atomic mass is 10.1. The Morgan fingerprint density at radius 3 is 2.23 bits per heavy atom. The number of ether oxygens (including phenoxy) is 2. The van der Waals surface area contributed by atoms with Gasteiger partial charge in [0, 0.05) is 5.69 Å². The Morgan fingerprint density at radius 2 is 1.65 bits per heavy atom. The summed E-state index contributed by atoms with van der Waals surface area (Å²) in [7, 11) is 2.43. The van der Waals surface area contributed by atoms with Gasteiger partial charge in [-0.2, -0.15) is 0 Å². The van der Waals surface area contributed by atoms with Gasteiger partial charge in [-0.3, -0.25) is 5.32 Å². The molecular formula is C16H14Cl2N2O5S. The second-order valence-electron chi connectivity index (χ2n) is 4.95. The van der Waals surface area contributed by atoms with Crippen molar-refractivity contribution in [2.45, 2.75) is 6.92 Å². The first-order chi connectivity index (χ1) is 12.3. The maximum Gasteiger partial charge on any atom is 0.348 e. The van der Waals surface area contributed by atoms with E-state index in [2.05, 4.69) is 15.4 Å². The minimum absolute atomic E-state index is 0.0854. The molecule has 0 radical (unpaired) electrons. The number of anilines is 2. The summed E-state index contributed by atoms with van der Waals surface area (Å²) >= 11 is 12.6. The van der Waals surface area contributed by atoms with Crippen molar-refractivity contribution in [3.63, 3.8) is 0 Å². The molecule has 7 nitrogen and oxygen atoms in total. The van der Waals surface area contributed by atoms with E-state index in [0.717, 1.165) is 11.3 Å². The second kappa shape index (κ2) is 8.39. The van der Waals surface area contributed by atoms with Gasteiger partial charge in [-0.05, 0) is 30.7 Å². The van der Waals surface area contributed by atoms with Crippen LogP contribution in [0, 0.1) is 6.92 Å². The fraction of sp³-hybridized carbons (Fsp3) is 0.188. The number of rotatable bonds is 4. The molecule has 0 saturated carbocycles. The first kappa shape index (κ1) is 20.0. The van der Waals surface area contributed by atoms with Crippen LogP contribution in [0.3, 0.4) is 0 Å². The molecule has 0 spiro atoms. The molecule has 1 heterocycles. The molecule has 2 aromatic rings. The van der Waals surface area contributed by atoms with Gasteiger partial charge in [-0.25, -0.2) is 14.4 Å². The molecule has 0 atom stereocenters. The number of halogens is 2. The Kier molecular flexibility index (Phi) is 6.47. The number of hydrogen-bond donors (Lipinski definition) is 2. The molecule has 1 aromatic carbocycles. The zero-order valence-corrected chi connectivity index (χ0v) is 16.3. The molecule has 10 heteroatoms. The van der Waals surface area contributed by atoms with Gasteiger partial charge in [0.1, 0.15) is 9.88 Å². The lowest BCUT2D eigenvalue weighted by Crippen LogP contribution is -2.20. The Labute approximate surface area is 163 Å². The Bertz CT molecular complexity index is 882. The van der Waals surface area contributed by atoms with E-state index in [-0.39, 0.29) is 20.5 Å². The fourth-order valence-corrected chi connectivity index (χ4v) is 3.48. The summed E-state index contributed by atoms with van der Waals surface area (Å²) in [5.41, 5.74) is 0.846. The highest BCUT2D eigenvalue weighted by Gasteiger charge is 2.26. The van der Waals surface area contributed by atoms with E-state index in [4.69, 9.17) is 27.9 Å². The number of urea groups is 1. The van der Waals surface area contributed by atoms with Crippen molar-refractivity contribution < 1.29 is 23.9 Å². The quantitative estimate of drug-likeness (QED) is 0.711. The van der Waals surface area contributed by atoms with Crippen LogP contribution in [-0.4, -0.2) is 32.2 Å². The van der Waals surface area contributed by atoms with Gasteiger partial charge in [-0.1, -0.05) is 23.2 Å². The molecular weight excluding hydrogens is 403 g/mol. The van der Waals surface area contributed by atoms with Crippen LogP contribution in [0.4, 0.5) is 15.5 Å². The van der Waals surface area contributed by atoms with Crippen LogP contribution in [0.5, 0.6) is 0 Å². The Morgan fingerprint density at radius 1 is 1.00 bits per heavy atom. The smallest absolute Gasteiger partial charge is 0.348 e. The molecule has 2 N–H and O–H groups in total. The SMILES string of the molecule is COC(=O)c1sc(NC(=O)Nc2ccc(Cl)c(Cl)c2)c(C(=O)OC)c1C. The minimum atomic E-state index is -0.682. The van der Waals surface area contributed by atoms with Crippen molar-refractivity contribution in [2.75, 3.05) is 24.9 Å². The Hall–Kier alpha value is -2.29. The molecule has 0 bridgehead atoms. The zero-order valence-electron chi connectivity index (χ0n) is 13.9. The predicted molar refractivity (Wildman–Crippen MR) is 101 cm³/mol. The predicted octanol–water partition coefficient (Wildman–Crippen LogP) is 4.58. The van der Waals surface area contributed by atoms with Gasteiger partial charge < -0.3 is 14.8 Å². The van der Waals surface area contributed by atoms with Crippen molar-refractivity contribution in [2.24, 2.45) is 0 Å². The van der Waals surface area contributed by atoms with Gasteiger partial charge in [0.05, 0.1) is 29.8 Å². The van der Waals surface area contributed by atoms with Crippen LogP contribution in [0.15, 0.2) is 18.2 Å². The number of thiophene rings is 1. The highest BCUT2D eigenvalue weighted by Crippen LogP contribution is 2.34. The van der Waals surface area contributed by atoms with Gasteiger partial charge >= 0.3 is 18.0 Å². The number of esters is 2. The molecule has 0 fully saturated rings. The van der Waals surface area contributed by atoms with Crippen molar-refractivity contribution >= 4 is 63.2 Å². The van der Waals surface area contributed by atoms with Crippen molar-refractivity contribution in [3.8, 4) is 0 Å². The third-order valence-corrected chi connectivity index (χ3v) is 5.24. The first-order valence-corrected chi connectivity index (χ1v) is 8.68. The summed E-state index contributed by atoms with van der Waals surface area (Å²) < 4.78 is 9.41. The van der Waals surface area contributed by atoms with E-state index in [9.17, 15) is 14.4 Å². The van der Waals surface area contributed by atoms with Crippen molar-refractivity contribution in [1.29, 1.82) is 0 Å². The highest BCUT2D eigenvalue weighted by atomic mass is 35.5. The van der Waals surface area contributed by atoms with Crippen LogP contribution in [0.25, 0.3) is 0 Å². The van der Waals surface area contributed by atoms with Gasteiger partial charge in [-0.15, -0.1) is 11.3 Å². The number of amides is 2. The van der Waals surface area contributed by atoms with Crippen molar-refractivity contribution in [1.82, 2.24) is 0 Å². The molecule has 138 valence electrons. The third kappa shape index (κ3) is 4.27. The van der Waals surface area contributed by atoms with E-state index in [1.807, 2.05) is 0 Å². The summed E-state index contributed by atoms with van der Waals surface area (Å²) in [6.45, 7) is 1.57. The topological polar surface area (TPSA) is 93.7 Å². The van der Waals surface area contributed by atoms with E-state index < -0.39 is 18.0 Å². The highest BCUT2D eigenvalue weighted by molar-refractivity contribution is 7.18. The standard InChI is InChI=1S/C16H14Cl2N2O5S/c1-7-11(14(21)24-2)13(26-12(7)15(22)25-3)20-16(23)19-8-4-5-9(17)10(18)6-8/h4-6H,1-3H3,(H2,19,20,23). The summed E-state index contributed by atoms with van der Waals surface area (Å²) in [5, 5.41) is 5.88. The van der Waals surface area contributed by atoms with Gasteiger partial charge in [0.2, 0.25) is 0 Å². The summed E-state index contributed by atoms with van der Waals surface area (Å²) in [6, 6.07) is 3.94. The van der Waals surface area contributed by atoms with E-state index in [0.29, 0.717) is 16.3 Å². The fourth-order valence-electron chi connectivity index (χ4n) is 2.08. The number of carbonyl (C=O) groups is 3. The number of carbonyl (C=O) groups excluding carboxylic acids is 3. The van der Waals surface area contributed by atoms with Gasteiger partial charge in [0.15, 0.2) is 0 Å². The molecule has 26 heavy (non-hydrogen) atoms. The largest absolute Gasteiger partial charge is 0.465 e. The van der Waals surface area contributed by atoms with E-state index >= 15 is 0 Å². The number of hydrogen-bond acceptors (Lipinski definition) is 6. The molecule has 0 saturated heterocycles. The minimum Gasteiger partial charge on any atom is -0.465 e. The van der Waals surface area contributed by atoms with Crippen LogP contribution in [0.2, 0.25) is 10.0 Å². The molecule has 2 rings (SSSR count). The summed E-state index contributed by atoms with van der Waals surface area (Å²) in [4.78, 5) is 36.3. The molecule has 2 amide bonds. The average molecular weight is 417 g/mol. The maximum absolute atomic E-state index is 12.2. The summed E-state index contributed by atoms with van der Waals surface area (Å²) in [5.74, 6) is -1.30. The first-order valence-electron chi connectivity index (χ1n) is 7.11. The molecule has 1 aromatic heterocycles. The van der Waals surface area contributed by atoms with E-state index in [1.54, 1.807) is 13.0 Å². The normalized spacial score (nSPS) is 10.2. The lowest BCUT2D eigenvalue weighted by Gasteiger charge is -2.08. The lowest BCUT2D eigenvalue weighted by molar-refractivity contribution is 0.0601.